The molecule has 0 saturated heterocycles. The van der Waals surface area contributed by atoms with Crippen molar-refractivity contribution in [2.45, 2.75) is 0 Å². The van der Waals surface area contributed by atoms with Crippen molar-refractivity contribution in [2.75, 3.05) is 39.6 Å². The van der Waals surface area contributed by atoms with E-state index in [1.165, 1.54) is 26.2 Å². The number of ether oxygens (including phenoxy) is 4. The average Bonchev–Trinajstić information content (AvgIpc) is 3.07. The summed E-state index contributed by atoms with van der Waals surface area (Å²) in [4.78, 5) is 38.0. The fraction of sp³-hybridized carbons (Fsp3) is 0.333. The normalized spacial score (nSPS) is 14.2. The van der Waals surface area contributed by atoms with Crippen LogP contribution in [-0.2, 0) is 35.6 Å². The molecule has 0 unspecified atom stereocenters. The quantitative estimate of drug-likeness (QED) is 0.553. The van der Waals surface area contributed by atoms with Crippen molar-refractivity contribution in [3.63, 3.8) is 0 Å². The van der Waals surface area contributed by atoms with Gasteiger partial charge in [0.05, 0.1) is 39.0 Å². The van der Waals surface area contributed by atoms with Crippen LogP contribution in [0.5, 0.6) is 0 Å². The van der Waals surface area contributed by atoms with E-state index < -0.39 is 17.9 Å². The van der Waals surface area contributed by atoms with Gasteiger partial charge < -0.3 is 23.8 Å². The molecule has 0 N–H and O–H groups in total. The Labute approximate surface area is 160 Å². The van der Waals surface area contributed by atoms with Gasteiger partial charge in [0.25, 0.3) is 0 Å². The number of benzene rings is 1. The summed E-state index contributed by atoms with van der Waals surface area (Å²) < 4.78 is 21.4. The predicted octanol–water partition coefficient (Wildman–Crippen LogP) is 0.754. The van der Waals surface area contributed by atoms with Crippen LogP contribution in [0.2, 0.25) is 0 Å². The Hall–Kier alpha value is -3.40. The van der Waals surface area contributed by atoms with E-state index in [9.17, 15) is 14.4 Å². The predicted molar refractivity (Wildman–Crippen MR) is 96.4 cm³/mol. The van der Waals surface area contributed by atoms with Gasteiger partial charge in [-0.05, 0) is 18.2 Å². The van der Waals surface area contributed by atoms with Crippen LogP contribution in [0.4, 0.5) is 5.69 Å². The van der Waals surface area contributed by atoms with Crippen molar-refractivity contribution >= 4 is 34.5 Å². The Bertz CT molecular complexity index is 992. The van der Waals surface area contributed by atoms with E-state index in [4.69, 9.17) is 18.9 Å². The largest absolute Gasteiger partial charge is 0.466 e. The lowest BCUT2D eigenvalue weighted by Crippen LogP contribution is -2.38. The number of aryl methyl sites for hydroxylation is 1. The Morgan fingerprint density at radius 1 is 1.04 bits per heavy atom. The maximum Gasteiger partial charge on any atom is 0.359 e. The van der Waals surface area contributed by atoms with Gasteiger partial charge in [-0.25, -0.2) is 14.4 Å². The number of carbonyl (C=O) groups excluding carboxylic acids is 3. The van der Waals surface area contributed by atoms with Crippen molar-refractivity contribution < 1.29 is 33.3 Å². The summed E-state index contributed by atoms with van der Waals surface area (Å²) in [5, 5.41) is 4.72. The fourth-order valence-corrected chi connectivity index (χ4v) is 3.02. The van der Waals surface area contributed by atoms with Crippen LogP contribution < -0.4 is 4.90 Å². The average molecular weight is 389 g/mol. The molecule has 1 aliphatic heterocycles. The second-order valence-electron chi connectivity index (χ2n) is 5.88. The molecular formula is C18H19N3O7. The molecule has 2 heterocycles. The standard InChI is InChI=1S/C18H19N3O7/c1-20-13-6-5-10(7-11(13)14(19-20)17(23)26-3)21-9-28-8-12(16(22)25-2)15(21)18(24)27-4/h5-7H,8-9H2,1-4H3. The molecule has 2 aromatic rings. The molecule has 148 valence electrons. The molecule has 0 amide bonds. The zero-order chi connectivity index (χ0) is 20.4. The molecule has 0 saturated carbocycles. The van der Waals surface area contributed by atoms with Crippen LogP contribution in [0.25, 0.3) is 10.9 Å². The lowest BCUT2D eigenvalue weighted by atomic mass is 10.1. The molecule has 0 radical (unpaired) electrons. The molecule has 0 atom stereocenters. The zero-order valence-electron chi connectivity index (χ0n) is 15.8. The number of methoxy groups -OCH3 is 3. The molecule has 10 nitrogen and oxygen atoms in total. The van der Waals surface area contributed by atoms with Gasteiger partial charge in [0.2, 0.25) is 0 Å². The van der Waals surface area contributed by atoms with Gasteiger partial charge in [0, 0.05) is 18.1 Å². The molecule has 0 bridgehead atoms. The number of aromatic nitrogens is 2. The number of hydrogen-bond donors (Lipinski definition) is 0. The summed E-state index contributed by atoms with van der Waals surface area (Å²) in [7, 11) is 5.41. The van der Waals surface area contributed by atoms with Crippen molar-refractivity contribution in [3.8, 4) is 0 Å². The molecule has 1 aliphatic rings. The summed E-state index contributed by atoms with van der Waals surface area (Å²) in [6.07, 6.45) is 0. The number of anilines is 1. The highest BCUT2D eigenvalue weighted by molar-refractivity contribution is 6.05. The van der Waals surface area contributed by atoms with Crippen molar-refractivity contribution in [1.82, 2.24) is 9.78 Å². The van der Waals surface area contributed by atoms with Crippen LogP contribution >= 0.6 is 0 Å². The lowest BCUT2D eigenvalue weighted by molar-refractivity contribution is -0.140. The van der Waals surface area contributed by atoms with Gasteiger partial charge in [-0.15, -0.1) is 0 Å². The van der Waals surface area contributed by atoms with Gasteiger partial charge in [-0.2, -0.15) is 5.10 Å². The third-order valence-corrected chi connectivity index (χ3v) is 4.36. The smallest absolute Gasteiger partial charge is 0.359 e. The van der Waals surface area contributed by atoms with E-state index in [0.717, 1.165) is 0 Å². The zero-order valence-corrected chi connectivity index (χ0v) is 15.8. The minimum absolute atomic E-state index is 0.00422. The second-order valence-corrected chi connectivity index (χ2v) is 5.88. The minimum Gasteiger partial charge on any atom is -0.466 e. The summed E-state index contributed by atoms with van der Waals surface area (Å²) in [6.45, 7) is -0.0829. The number of hydrogen-bond acceptors (Lipinski definition) is 9. The van der Waals surface area contributed by atoms with Crippen molar-refractivity contribution in [2.24, 2.45) is 7.05 Å². The van der Waals surface area contributed by atoms with Crippen LogP contribution in [0.15, 0.2) is 29.5 Å². The highest BCUT2D eigenvalue weighted by Gasteiger charge is 2.32. The van der Waals surface area contributed by atoms with Gasteiger partial charge in [-0.1, -0.05) is 0 Å². The van der Waals surface area contributed by atoms with E-state index in [2.05, 4.69) is 5.10 Å². The van der Waals surface area contributed by atoms with Crippen LogP contribution in [-0.4, -0.2) is 62.4 Å². The lowest BCUT2D eigenvalue weighted by Gasteiger charge is -2.31. The molecular weight excluding hydrogens is 370 g/mol. The van der Waals surface area contributed by atoms with Crippen LogP contribution in [0, 0.1) is 0 Å². The van der Waals surface area contributed by atoms with Crippen LogP contribution in [0.3, 0.4) is 0 Å². The third-order valence-electron chi connectivity index (χ3n) is 4.36. The van der Waals surface area contributed by atoms with Gasteiger partial charge in [-0.3, -0.25) is 4.68 Å². The molecule has 10 heteroatoms. The summed E-state index contributed by atoms with van der Waals surface area (Å²) >= 11 is 0. The molecule has 0 fully saturated rings. The third kappa shape index (κ3) is 3.18. The molecule has 3 rings (SSSR count). The first-order valence-electron chi connectivity index (χ1n) is 8.23. The first-order valence-corrected chi connectivity index (χ1v) is 8.23. The van der Waals surface area contributed by atoms with E-state index in [-0.39, 0.29) is 30.3 Å². The number of nitrogens with zero attached hydrogens (tertiary/aromatic N) is 3. The van der Waals surface area contributed by atoms with Crippen molar-refractivity contribution in [3.05, 3.63) is 35.2 Å². The van der Waals surface area contributed by atoms with E-state index in [1.807, 2.05) is 0 Å². The number of carbonyl (C=O) groups is 3. The second kappa shape index (κ2) is 7.69. The number of fused-ring (bicyclic) bond motifs is 1. The maximum atomic E-state index is 12.4. The van der Waals surface area contributed by atoms with E-state index >= 15 is 0 Å². The Balaban J connectivity index is 2.18. The van der Waals surface area contributed by atoms with Crippen molar-refractivity contribution in [1.29, 1.82) is 0 Å². The number of rotatable bonds is 4. The SMILES string of the molecule is COC(=O)C1=C(C(=O)OC)N(c2ccc3c(c2)c(C(=O)OC)nn3C)COC1. The van der Waals surface area contributed by atoms with Gasteiger partial charge in [0.15, 0.2) is 5.69 Å². The molecule has 0 spiro atoms. The van der Waals surface area contributed by atoms with E-state index in [0.29, 0.717) is 16.6 Å². The molecule has 0 aliphatic carbocycles. The maximum absolute atomic E-state index is 12.4. The topological polar surface area (TPSA) is 109 Å². The van der Waals surface area contributed by atoms with E-state index in [1.54, 1.807) is 29.9 Å². The summed E-state index contributed by atoms with van der Waals surface area (Å²) in [5.74, 6) is -1.98. The van der Waals surface area contributed by atoms with Crippen LogP contribution in [0.1, 0.15) is 10.5 Å². The Kier molecular flexibility index (Phi) is 5.32. The molecule has 1 aromatic heterocycles. The Morgan fingerprint density at radius 3 is 2.36 bits per heavy atom. The highest BCUT2D eigenvalue weighted by Crippen LogP contribution is 2.30. The summed E-state index contributed by atoms with van der Waals surface area (Å²) in [6, 6.07) is 5.13. The highest BCUT2D eigenvalue weighted by atomic mass is 16.5. The van der Waals surface area contributed by atoms with Gasteiger partial charge in [0.1, 0.15) is 12.4 Å². The van der Waals surface area contributed by atoms with Gasteiger partial charge >= 0.3 is 17.9 Å². The monoisotopic (exact) mass is 389 g/mol. The first kappa shape index (κ1) is 19.4. The fourth-order valence-electron chi connectivity index (χ4n) is 3.02. The molecule has 1 aromatic carbocycles. The minimum atomic E-state index is -0.705. The first-order chi connectivity index (χ1) is 13.4. The Morgan fingerprint density at radius 2 is 1.71 bits per heavy atom. The summed E-state index contributed by atoms with van der Waals surface area (Å²) in [5.41, 5.74) is 1.39. The number of esters is 3. The molecule has 28 heavy (non-hydrogen) atoms.